The molecule has 0 saturated carbocycles. The molecule has 3 heteroatoms. The lowest BCUT2D eigenvalue weighted by atomic mass is 9.99. The van der Waals surface area contributed by atoms with Crippen molar-refractivity contribution in [1.29, 1.82) is 0 Å². The SMILES string of the molecule is [2H]C([2H])([2H])c1ccc2c(n1)oc1c(-c3cc(Cc4ccc(-c5ccccc5)cc4)ccn3)cccc12. The van der Waals surface area contributed by atoms with E-state index in [0.717, 1.165) is 34.0 Å². The zero-order valence-corrected chi connectivity index (χ0v) is 17.8. The van der Waals surface area contributed by atoms with Gasteiger partial charge >= 0.3 is 0 Å². The fraction of sp³-hybridized carbons (Fsp3) is 0.0667. The molecule has 6 rings (SSSR count). The maximum absolute atomic E-state index is 7.65. The number of aryl methyl sites for hydroxylation is 1. The summed E-state index contributed by atoms with van der Waals surface area (Å²) in [5, 5.41) is 1.67. The molecule has 33 heavy (non-hydrogen) atoms. The van der Waals surface area contributed by atoms with E-state index in [1.165, 1.54) is 16.7 Å². The second-order valence-electron chi connectivity index (χ2n) is 8.12. The van der Waals surface area contributed by atoms with Gasteiger partial charge in [0.1, 0.15) is 5.58 Å². The maximum Gasteiger partial charge on any atom is 0.227 e. The molecule has 0 radical (unpaired) electrons. The molecule has 0 amide bonds. The third-order valence-electron chi connectivity index (χ3n) is 5.93. The topological polar surface area (TPSA) is 38.9 Å². The van der Waals surface area contributed by atoms with Crippen LogP contribution in [0.15, 0.2) is 108 Å². The van der Waals surface area contributed by atoms with Crippen molar-refractivity contribution >= 4 is 22.1 Å². The van der Waals surface area contributed by atoms with Crippen molar-refractivity contribution < 1.29 is 8.53 Å². The second kappa shape index (κ2) is 8.03. The molecule has 3 heterocycles. The van der Waals surface area contributed by atoms with E-state index in [0.29, 0.717) is 11.3 Å². The number of pyridine rings is 2. The van der Waals surface area contributed by atoms with Crippen LogP contribution >= 0.6 is 0 Å². The van der Waals surface area contributed by atoms with E-state index < -0.39 is 6.85 Å². The van der Waals surface area contributed by atoms with Crippen LogP contribution in [0.25, 0.3) is 44.5 Å². The van der Waals surface area contributed by atoms with Crippen molar-refractivity contribution in [2.24, 2.45) is 0 Å². The average molecular weight is 430 g/mol. The van der Waals surface area contributed by atoms with Crippen molar-refractivity contribution in [3.05, 3.63) is 120 Å². The highest BCUT2D eigenvalue weighted by molar-refractivity contribution is 6.08. The molecule has 0 aliphatic heterocycles. The summed E-state index contributed by atoms with van der Waals surface area (Å²) >= 11 is 0. The standard InChI is InChI=1S/C30H22N2O/c1-20-10-15-26-25-8-5-9-27(29(25)33-30(26)32-20)28-19-22(16-17-31-28)18-21-11-13-24(14-12-21)23-6-3-2-4-7-23/h2-17,19H,18H2,1H3/i1D3. The van der Waals surface area contributed by atoms with Gasteiger partial charge < -0.3 is 4.42 Å². The van der Waals surface area contributed by atoms with E-state index in [1.807, 2.05) is 48.7 Å². The molecule has 0 saturated heterocycles. The zero-order valence-electron chi connectivity index (χ0n) is 20.8. The third kappa shape index (κ3) is 3.68. The molecule has 0 spiro atoms. The quantitative estimate of drug-likeness (QED) is 0.289. The zero-order chi connectivity index (χ0) is 24.7. The van der Waals surface area contributed by atoms with Gasteiger partial charge in [-0.05, 0) is 65.9 Å². The predicted octanol–water partition coefficient (Wildman–Crippen LogP) is 7.61. The summed E-state index contributed by atoms with van der Waals surface area (Å²) in [7, 11) is 0. The summed E-state index contributed by atoms with van der Waals surface area (Å²) in [6.07, 6.45) is 2.60. The molecule has 3 nitrogen and oxygen atoms in total. The molecular weight excluding hydrogens is 404 g/mol. The van der Waals surface area contributed by atoms with E-state index >= 15 is 0 Å². The summed E-state index contributed by atoms with van der Waals surface area (Å²) in [5.74, 6) is 0. The van der Waals surface area contributed by atoms with Crippen LogP contribution in [0.4, 0.5) is 0 Å². The molecule has 0 aliphatic rings. The van der Waals surface area contributed by atoms with Crippen LogP contribution < -0.4 is 0 Å². The Hall–Kier alpha value is -4.24. The van der Waals surface area contributed by atoms with Gasteiger partial charge in [-0.15, -0.1) is 0 Å². The highest BCUT2D eigenvalue weighted by Gasteiger charge is 2.14. The number of hydrogen-bond acceptors (Lipinski definition) is 3. The van der Waals surface area contributed by atoms with Crippen LogP contribution in [-0.2, 0) is 6.42 Å². The minimum atomic E-state index is -2.29. The van der Waals surface area contributed by atoms with Gasteiger partial charge in [0.2, 0.25) is 5.71 Å². The Bertz CT molecular complexity index is 1690. The molecular formula is C30H22N2O. The molecule has 6 aromatic rings. The summed E-state index contributed by atoms with van der Waals surface area (Å²) in [5.41, 5.74) is 7.40. The fourth-order valence-corrected chi connectivity index (χ4v) is 4.29. The lowest BCUT2D eigenvalue weighted by molar-refractivity contribution is 0.653. The summed E-state index contributed by atoms with van der Waals surface area (Å²) in [6, 6.07) is 32.3. The Morgan fingerprint density at radius 3 is 2.45 bits per heavy atom. The number of aromatic nitrogens is 2. The van der Waals surface area contributed by atoms with Crippen LogP contribution in [0.2, 0.25) is 0 Å². The van der Waals surface area contributed by atoms with Crippen molar-refractivity contribution in [3.8, 4) is 22.4 Å². The number of nitrogens with zero attached hydrogens (tertiary/aromatic N) is 2. The Morgan fingerprint density at radius 1 is 0.758 bits per heavy atom. The first-order valence-electron chi connectivity index (χ1n) is 12.4. The molecule has 3 aromatic carbocycles. The van der Waals surface area contributed by atoms with Crippen molar-refractivity contribution in [3.63, 3.8) is 0 Å². The van der Waals surface area contributed by atoms with E-state index in [9.17, 15) is 0 Å². The van der Waals surface area contributed by atoms with Crippen LogP contribution in [0.5, 0.6) is 0 Å². The number of furan rings is 1. The molecule has 0 unspecified atom stereocenters. The molecule has 0 N–H and O–H groups in total. The number of para-hydroxylation sites is 1. The van der Waals surface area contributed by atoms with Gasteiger partial charge in [-0.25, -0.2) is 4.98 Å². The lowest BCUT2D eigenvalue weighted by Gasteiger charge is -2.07. The Morgan fingerprint density at radius 2 is 1.61 bits per heavy atom. The van der Waals surface area contributed by atoms with Gasteiger partial charge in [0, 0.05) is 32.3 Å². The normalized spacial score (nSPS) is 13.0. The first kappa shape index (κ1) is 16.4. The maximum atomic E-state index is 7.65. The van der Waals surface area contributed by atoms with E-state index in [4.69, 9.17) is 8.53 Å². The van der Waals surface area contributed by atoms with Gasteiger partial charge in [-0.2, -0.15) is 0 Å². The predicted molar refractivity (Wildman–Crippen MR) is 134 cm³/mol. The Kier molecular flexibility index (Phi) is 3.99. The number of fused-ring (bicyclic) bond motifs is 3. The minimum absolute atomic E-state index is 0.0222. The molecule has 0 bridgehead atoms. The summed E-state index contributed by atoms with van der Waals surface area (Å²) in [6.45, 7) is -2.29. The van der Waals surface area contributed by atoms with Crippen LogP contribution in [-0.4, -0.2) is 9.97 Å². The van der Waals surface area contributed by atoms with Crippen molar-refractivity contribution in [2.75, 3.05) is 0 Å². The minimum Gasteiger partial charge on any atom is -0.437 e. The lowest BCUT2D eigenvalue weighted by Crippen LogP contribution is -1.91. The van der Waals surface area contributed by atoms with Gasteiger partial charge in [-0.3, -0.25) is 4.98 Å². The first-order valence-corrected chi connectivity index (χ1v) is 10.9. The Balaban J connectivity index is 1.33. The highest BCUT2D eigenvalue weighted by Crippen LogP contribution is 2.34. The second-order valence-corrected chi connectivity index (χ2v) is 8.12. The van der Waals surface area contributed by atoms with Crippen molar-refractivity contribution in [1.82, 2.24) is 9.97 Å². The smallest absolute Gasteiger partial charge is 0.227 e. The third-order valence-corrected chi connectivity index (χ3v) is 5.93. The average Bonchev–Trinajstić information content (AvgIpc) is 3.27. The molecule has 3 aromatic heterocycles. The Labute approximate surface area is 196 Å². The number of rotatable bonds is 4. The molecule has 0 aliphatic carbocycles. The molecule has 0 fully saturated rings. The molecule has 158 valence electrons. The van der Waals surface area contributed by atoms with Gasteiger partial charge in [0.15, 0.2) is 0 Å². The van der Waals surface area contributed by atoms with E-state index in [-0.39, 0.29) is 5.69 Å². The highest BCUT2D eigenvalue weighted by atomic mass is 16.3. The monoisotopic (exact) mass is 429 g/mol. The largest absolute Gasteiger partial charge is 0.437 e. The van der Waals surface area contributed by atoms with Crippen LogP contribution in [0.3, 0.4) is 0 Å². The first-order chi connectivity index (χ1) is 17.5. The van der Waals surface area contributed by atoms with Crippen LogP contribution in [0.1, 0.15) is 20.9 Å². The van der Waals surface area contributed by atoms with Crippen LogP contribution in [0, 0.1) is 6.85 Å². The van der Waals surface area contributed by atoms with E-state index in [2.05, 4.69) is 52.4 Å². The van der Waals surface area contributed by atoms with E-state index in [1.54, 1.807) is 12.1 Å². The van der Waals surface area contributed by atoms with Gasteiger partial charge in [0.05, 0.1) is 5.69 Å². The molecule has 0 atom stereocenters. The fourth-order valence-electron chi connectivity index (χ4n) is 4.29. The van der Waals surface area contributed by atoms with Crippen molar-refractivity contribution in [2.45, 2.75) is 13.3 Å². The summed E-state index contributed by atoms with van der Waals surface area (Å²) in [4.78, 5) is 8.88. The summed E-state index contributed by atoms with van der Waals surface area (Å²) < 4.78 is 29.0. The van der Waals surface area contributed by atoms with Gasteiger partial charge in [-0.1, -0.05) is 66.7 Å². The number of benzene rings is 3. The van der Waals surface area contributed by atoms with Gasteiger partial charge in [0.25, 0.3) is 0 Å². The number of hydrogen-bond donors (Lipinski definition) is 0.